The van der Waals surface area contributed by atoms with E-state index in [4.69, 9.17) is 9.52 Å². The molecule has 0 radical (unpaired) electrons. The lowest BCUT2D eigenvalue weighted by atomic mass is 10.3. The number of aliphatic hydroxyl groups excluding tert-OH is 1. The zero-order valence-electron chi connectivity index (χ0n) is 9.04. The summed E-state index contributed by atoms with van der Waals surface area (Å²) < 4.78 is 30.1. The highest BCUT2D eigenvalue weighted by Gasteiger charge is 2.35. The lowest BCUT2D eigenvalue weighted by Crippen LogP contribution is -2.29. The fraction of sp³-hybridized carbons (Fsp3) is 0.444. The number of sulfonamides is 1. The number of nitrogens with zero attached hydrogens (tertiary/aromatic N) is 1. The van der Waals surface area contributed by atoms with Crippen LogP contribution in [0.3, 0.4) is 0 Å². The van der Waals surface area contributed by atoms with Crippen LogP contribution in [0.2, 0.25) is 0 Å². The first-order valence-corrected chi connectivity index (χ1v) is 7.26. The molecular formula is C9H10BrNO6S. The monoisotopic (exact) mass is 339 g/mol. The van der Waals surface area contributed by atoms with E-state index in [0.29, 0.717) is 6.42 Å². The van der Waals surface area contributed by atoms with Crippen LogP contribution in [0.4, 0.5) is 0 Å². The van der Waals surface area contributed by atoms with E-state index in [1.54, 1.807) is 0 Å². The Bertz CT molecular complexity index is 580. The summed E-state index contributed by atoms with van der Waals surface area (Å²) in [4.78, 5) is 10.5. The van der Waals surface area contributed by atoms with Gasteiger partial charge >= 0.3 is 5.97 Å². The first kappa shape index (κ1) is 13.5. The van der Waals surface area contributed by atoms with Crippen LogP contribution < -0.4 is 0 Å². The standard InChI is InChI=1S/C9H10BrNO6S/c10-8-7(3-6(17-8)9(13)14)18(15,16)11-2-1-5(12)4-11/h3,5,12H,1-2,4H2,(H,13,14)/t5-/m0/s1. The predicted octanol–water partition coefficient (Wildman–Crippen LogP) is 0.496. The van der Waals surface area contributed by atoms with Gasteiger partial charge in [-0.05, 0) is 22.4 Å². The SMILES string of the molecule is O=C(O)c1cc(S(=O)(=O)N2CC[C@H](O)C2)c(Br)o1. The number of halogens is 1. The van der Waals surface area contributed by atoms with Crippen molar-refractivity contribution in [3.8, 4) is 0 Å². The molecule has 0 aliphatic carbocycles. The van der Waals surface area contributed by atoms with Gasteiger partial charge in [-0.1, -0.05) is 0 Å². The van der Waals surface area contributed by atoms with Crippen molar-refractivity contribution in [1.29, 1.82) is 0 Å². The summed E-state index contributed by atoms with van der Waals surface area (Å²) in [7, 11) is -3.85. The van der Waals surface area contributed by atoms with Gasteiger partial charge in [-0.25, -0.2) is 13.2 Å². The molecule has 1 aromatic heterocycles. The van der Waals surface area contributed by atoms with Gasteiger partial charge in [0.1, 0.15) is 4.90 Å². The van der Waals surface area contributed by atoms with Crippen LogP contribution in [0.1, 0.15) is 17.0 Å². The van der Waals surface area contributed by atoms with Crippen molar-refractivity contribution in [2.45, 2.75) is 17.4 Å². The van der Waals surface area contributed by atoms with Crippen molar-refractivity contribution in [3.05, 3.63) is 16.5 Å². The van der Waals surface area contributed by atoms with E-state index in [1.807, 2.05) is 0 Å². The maximum absolute atomic E-state index is 12.2. The molecule has 1 fully saturated rings. The smallest absolute Gasteiger partial charge is 0.371 e. The Hall–Kier alpha value is -0.900. The highest BCUT2D eigenvalue weighted by atomic mass is 79.9. The number of carboxylic acid groups (broad SMARTS) is 1. The van der Waals surface area contributed by atoms with Crippen molar-refractivity contribution in [2.24, 2.45) is 0 Å². The fourth-order valence-corrected chi connectivity index (χ4v) is 4.10. The normalized spacial score (nSPS) is 21.3. The number of rotatable bonds is 3. The molecule has 0 bridgehead atoms. The maximum Gasteiger partial charge on any atom is 0.371 e. The van der Waals surface area contributed by atoms with Crippen molar-refractivity contribution in [1.82, 2.24) is 4.31 Å². The van der Waals surface area contributed by atoms with Crippen LogP contribution >= 0.6 is 15.9 Å². The molecule has 1 aliphatic rings. The van der Waals surface area contributed by atoms with Gasteiger partial charge in [-0.3, -0.25) is 0 Å². The minimum Gasteiger partial charge on any atom is -0.475 e. The molecule has 100 valence electrons. The van der Waals surface area contributed by atoms with E-state index in [-0.39, 0.29) is 22.7 Å². The lowest BCUT2D eigenvalue weighted by Gasteiger charge is -2.14. The minimum atomic E-state index is -3.85. The summed E-state index contributed by atoms with van der Waals surface area (Å²) in [6.45, 7) is 0.200. The second-order valence-electron chi connectivity index (χ2n) is 3.86. The van der Waals surface area contributed by atoms with E-state index >= 15 is 0 Å². The molecule has 1 saturated heterocycles. The topological polar surface area (TPSA) is 108 Å². The first-order chi connectivity index (χ1) is 8.32. The van der Waals surface area contributed by atoms with Crippen molar-refractivity contribution >= 4 is 31.9 Å². The van der Waals surface area contributed by atoms with Gasteiger partial charge in [0, 0.05) is 19.2 Å². The molecule has 1 atom stereocenters. The molecule has 1 aromatic rings. The average Bonchev–Trinajstić information content (AvgIpc) is 2.85. The molecule has 0 spiro atoms. The Kier molecular flexibility index (Phi) is 3.49. The molecular weight excluding hydrogens is 330 g/mol. The number of aliphatic hydroxyl groups is 1. The molecule has 0 saturated carbocycles. The molecule has 2 N–H and O–H groups in total. The number of furan rings is 1. The highest BCUT2D eigenvalue weighted by Crippen LogP contribution is 2.30. The van der Waals surface area contributed by atoms with Crippen LogP contribution in [-0.4, -0.2) is 48.1 Å². The largest absolute Gasteiger partial charge is 0.475 e. The van der Waals surface area contributed by atoms with Gasteiger partial charge in [0.05, 0.1) is 6.10 Å². The fourth-order valence-electron chi connectivity index (χ4n) is 1.70. The Labute approximate surface area is 111 Å². The summed E-state index contributed by atoms with van der Waals surface area (Å²) >= 11 is 2.89. The summed E-state index contributed by atoms with van der Waals surface area (Å²) in [6.07, 6.45) is -0.329. The molecule has 9 heteroatoms. The van der Waals surface area contributed by atoms with Crippen LogP contribution in [0.25, 0.3) is 0 Å². The Balaban J connectivity index is 2.38. The quantitative estimate of drug-likeness (QED) is 0.829. The molecule has 1 aliphatic heterocycles. The van der Waals surface area contributed by atoms with Crippen LogP contribution in [0.5, 0.6) is 0 Å². The van der Waals surface area contributed by atoms with Crippen LogP contribution in [0.15, 0.2) is 20.0 Å². The lowest BCUT2D eigenvalue weighted by molar-refractivity contribution is 0.0661. The number of β-amino-alcohol motifs (C(OH)–C–C–N with tert-alkyl or cyclic N) is 1. The number of hydrogen-bond acceptors (Lipinski definition) is 5. The Morgan fingerprint density at radius 1 is 1.56 bits per heavy atom. The number of carbonyl (C=O) groups is 1. The summed E-state index contributed by atoms with van der Waals surface area (Å²) in [5.41, 5.74) is 0. The third-order valence-corrected chi connectivity index (χ3v) is 5.33. The zero-order chi connectivity index (χ0) is 13.5. The number of carboxylic acids is 1. The van der Waals surface area contributed by atoms with Gasteiger partial charge < -0.3 is 14.6 Å². The van der Waals surface area contributed by atoms with E-state index in [0.717, 1.165) is 10.4 Å². The van der Waals surface area contributed by atoms with Gasteiger partial charge in [-0.15, -0.1) is 0 Å². The molecule has 0 amide bonds. The predicted molar refractivity (Wildman–Crippen MR) is 62.7 cm³/mol. The number of aromatic carboxylic acids is 1. The van der Waals surface area contributed by atoms with Gasteiger partial charge in [-0.2, -0.15) is 4.31 Å². The van der Waals surface area contributed by atoms with Crippen LogP contribution in [-0.2, 0) is 10.0 Å². The second-order valence-corrected chi connectivity index (χ2v) is 6.49. The third-order valence-electron chi connectivity index (χ3n) is 2.61. The second kappa shape index (κ2) is 4.65. The Morgan fingerprint density at radius 3 is 2.67 bits per heavy atom. The molecule has 7 nitrogen and oxygen atoms in total. The summed E-state index contributed by atoms with van der Waals surface area (Å²) in [5.74, 6) is -1.81. The molecule has 0 unspecified atom stereocenters. The van der Waals surface area contributed by atoms with Crippen LogP contribution in [0, 0.1) is 0 Å². The van der Waals surface area contributed by atoms with E-state index < -0.39 is 27.9 Å². The van der Waals surface area contributed by atoms with Crippen molar-refractivity contribution in [2.75, 3.05) is 13.1 Å². The van der Waals surface area contributed by atoms with E-state index in [1.165, 1.54) is 0 Å². The highest BCUT2D eigenvalue weighted by molar-refractivity contribution is 9.10. The third kappa shape index (κ3) is 2.30. The summed E-state index contributed by atoms with van der Waals surface area (Å²) in [5, 5.41) is 18.1. The van der Waals surface area contributed by atoms with Gasteiger partial charge in [0.2, 0.25) is 15.8 Å². The van der Waals surface area contributed by atoms with Gasteiger partial charge in [0.25, 0.3) is 0 Å². The Morgan fingerprint density at radius 2 is 2.22 bits per heavy atom. The zero-order valence-corrected chi connectivity index (χ0v) is 11.4. The first-order valence-electron chi connectivity index (χ1n) is 5.03. The molecule has 2 heterocycles. The van der Waals surface area contributed by atoms with Gasteiger partial charge in [0.15, 0.2) is 4.67 Å². The van der Waals surface area contributed by atoms with E-state index in [9.17, 15) is 18.3 Å². The van der Waals surface area contributed by atoms with Crippen molar-refractivity contribution < 1.29 is 27.8 Å². The summed E-state index contributed by atoms with van der Waals surface area (Å²) in [6, 6.07) is 0.951. The maximum atomic E-state index is 12.2. The van der Waals surface area contributed by atoms with Crippen molar-refractivity contribution in [3.63, 3.8) is 0 Å². The molecule has 0 aromatic carbocycles. The number of hydrogen-bond donors (Lipinski definition) is 2. The minimum absolute atomic E-state index is 0.00234. The molecule has 18 heavy (non-hydrogen) atoms. The van der Waals surface area contributed by atoms with E-state index in [2.05, 4.69) is 15.9 Å². The average molecular weight is 340 g/mol. The molecule has 2 rings (SSSR count).